The molecule has 0 fully saturated rings. The molecule has 0 unspecified atom stereocenters. The molecule has 1 aromatic carbocycles. The van der Waals surface area contributed by atoms with E-state index in [2.05, 4.69) is 5.32 Å². The van der Waals surface area contributed by atoms with Crippen LogP contribution in [0.1, 0.15) is 24.2 Å². The van der Waals surface area contributed by atoms with Crippen molar-refractivity contribution in [2.24, 2.45) is 0 Å². The van der Waals surface area contributed by atoms with Gasteiger partial charge in [-0.25, -0.2) is 0 Å². The number of carbonyl (C=O) groups excluding carboxylic acids is 1. The molecule has 0 aliphatic heterocycles. The summed E-state index contributed by atoms with van der Waals surface area (Å²) >= 11 is 1.54. The van der Waals surface area contributed by atoms with E-state index in [1.807, 2.05) is 30.7 Å². The van der Waals surface area contributed by atoms with Gasteiger partial charge in [0, 0.05) is 10.9 Å². The summed E-state index contributed by atoms with van der Waals surface area (Å²) in [6, 6.07) is 7.06. The third kappa shape index (κ3) is 3.51. The minimum Gasteiger partial charge on any atom is -0.490 e. The fraction of sp³-hybridized carbons (Fsp3) is 0.267. The van der Waals surface area contributed by atoms with Gasteiger partial charge in [0.2, 0.25) is 0 Å². The molecule has 1 aromatic heterocycles. The lowest BCUT2D eigenvalue weighted by Crippen LogP contribution is -2.11. The van der Waals surface area contributed by atoms with Crippen molar-refractivity contribution in [3.05, 3.63) is 40.6 Å². The molecule has 0 aliphatic rings. The van der Waals surface area contributed by atoms with Crippen molar-refractivity contribution in [1.82, 2.24) is 0 Å². The Labute approximate surface area is 122 Å². The Kier molecular flexibility index (Phi) is 5.01. The molecule has 0 bridgehead atoms. The Morgan fingerprint density at radius 1 is 1.15 bits per heavy atom. The van der Waals surface area contributed by atoms with Crippen LogP contribution in [-0.2, 0) is 0 Å². The van der Waals surface area contributed by atoms with Gasteiger partial charge in [-0.15, -0.1) is 0 Å². The zero-order valence-electron chi connectivity index (χ0n) is 11.5. The van der Waals surface area contributed by atoms with Gasteiger partial charge in [0.1, 0.15) is 0 Å². The first kappa shape index (κ1) is 14.4. The van der Waals surface area contributed by atoms with E-state index in [1.54, 1.807) is 18.2 Å². The van der Waals surface area contributed by atoms with Crippen molar-refractivity contribution < 1.29 is 14.3 Å². The number of thiophene rings is 1. The van der Waals surface area contributed by atoms with E-state index in [9.17, 15) is 4.79 Å². The molecule has 4 nitrogen and oxygen atoms in total. The van der Waals surface area contributed by atoms with Crippen molar-refractivity contribution in [2.45, 2.75) is 13.8 Å². The van der Waals surface area contributed by atoms with E-state index in [-0.39, 0.29) is 5.91 Å². The molecule has 2 aromatic rings. The number of anilines is 1. The monoisotopic (exact) mass is 291 g/mol. The first-order valence-electron chi connectivity index (χ1n) is 6.47. The molecule has 1 amide bonds. The average Bonchev–Trinajstić information content (AvgIpc) is 2.94. The molecule has 0 spiro atoms. The van der Waals surface area contributed by atoms with E-state index < -0.39 is 0 Å². The lowest BCUT2D eigenvalue weighted by atomic mass is 10.2. The van der Waals surface area contributed by atoms with Crippen LogP contribution in [0, 0.1) is 0 Å². The largest absolute Gasteiger partial charge is 0.490 e. The smallest absolute Gasteiger partial charge is 0.255 e. The summed E-state index contributed by atoms with van der Waals surface area (Å²) in [7, 11) is 0. The highest BCUT2D eigenvalue weighted by molar-refractivity contribution is 7.08. The number of rotatable bonds is 6. The predicted octanol–water partition coefficient (Wildman–Crippen LogP) is 3.80. The predicted molar refractivity (Wildman–Crippen MR) is 81.1 cm³/mol. The number of amides is 1. The van der Waals surface area contributed by atoms with Gasteiger partial charge in [-0.2, -0.15) is 11.3 Å². The van der Waals surface area contributed by atoms with E-state index in [0.29, 0.717) is 30.3 Å². The van der Waals surface area contributed by atoms with Crippen LogP contribution < -0.4 is 14.8 Å². The number of benzene rings is 1. The molecule has 0 saturated carbocycles. The van der Waals surface area contributed by atoms with E-state index in [4.69, 9.17) is 9.47 Å². The summed E-state index contributed by atoms with van der Waals surface area (Å²) in [5, 5.41) is 6.64. The van der Waals surface area contributed by atoms with Crippen molar-refractivity contribution in [2.75, 3.05) is 18.5 Å². The third-order valence-electron chi connectivity index (χ3n) is 2.58. The van der Waals surface area contributed by atoms with Gasteiger partial charge in [-0.05, 0) is 43.5 Å². The van der Waals surface area contributed by atoms with Crippen LogP contribution in [-0.4, -0.2) is 19.1 Å². The first-order valence-corrected chi connectivity index (χ1v) is 7.42. The van der Waals surface area contributed by atoms with Crippen LogP contribution in [0.3, 0.4) is 0 Å². The Bertz CT molecular complexity index is 567. The number of nitrogens with one attached hydrogen (secondary N) is 1. The van der Waals surface area contributed by atoms with Crippen LogP contribution in [0.2, 0.25) is 0 Å². The molecule has 1 heterocycles. The zero-order valence-corrected chi connectivity index (χ0v) is 12.3. The molecule has 2 rings (SSSR count). The van der Waals surface area contributed by atoms with Crippen molar-refractivity contribution in [1.29, 1.82) is 0 Å². The Morgan fingerprint density at radius 3 is 2.55 bits per heavy atom. The van der Waals surface area contributed by atoms with Crippen molar-refractivity contribution in [3.8, 4) is 11.5 Å². The molecule has 106 valence electrons. The maximum absolute atomic E-state index is 12.1. The molecule has 0 saturated heterocycles. The molecule has 0 atom stereocenters. The second-order valence-corrected chi connectivity index (χ2v) is 4.77. The van der Waals surface area contributed by atoms with Crippen LogP contribution in [0.5, 0.6) is 11.5 Å². The van der Waals surface area contributed by atoms with Crippen molar-refractivity contribution >= 4 is 22.9 Å². The highest BCUT2D eigenvalue weighted by atomic mass is 32.1. The summed E-state index contributed by atoms with van der Waals surface area (Å²) < 4.78 is 11.0. The normalized spacial score (nSPS) is 10.1. The molecular formula is C15H17NO3S. The average molecular weight is 291 g/mol. The zero-order chi connectivity index (χ0) is 14.4. The maximum atomic E-state index is 12.1. The maximum Gasteiger partial charge on any atom is 0.255 e. The van der Waals surface area contributed by atoms with Crippen LogP contribution in [0.4, 0.5) is 5.69 Å². The summed E-state index contributed by atoms with van der Waals surface area (Å²) in [5.41, 5.74) is 1.34. The van der Waals surface area contributed by atoms with Crippen LogP contribution in [0.15, 0.2) is 35.0 Å². The van der Waals surface area contributed by atoms with Gasteiger partial charge < -0.3 is 14.8 Å². The van der Waals surface area contributed by atoms with Gasteiger partial charge in [-0.3, -0.25) is 4.79 Å². The topological polar surface area (TPSA) is 47.6 Å². The third-order valence-corrected chi connectivity index (χ3v) is 3.27. The Balaban J connectivity index is 2.19. The van der Waals surface area contributed by atoms with Gasteiger partial charge in [0.25, 0.3) is 5.91 Å². The standard InChI is InChI=1S/C15H17NO3S/c1-3-18-13-6-5-11(9-14(13)19-4-2)15(17)16-12-7-8-20-10-12/h5-10H,3-4H2,1-2H3,(H,16,17). The quantitative estimate of drug-likeness (QED) is 0.880. The van der Waals surface area contributed by atoms with Crippen molar-refractivity contribution in [3.63, 3.8) is 0 Å². The number of carbonyl (C=O) groups is 1. The van der Waals surface area contributed by atoms with Crippen LogP contribution >= 0.6 is 11.3 Å². The first-order chi connectivity index (χ1) is 9.74. The number of ether oxygens (including phenoxy) is 2. The lowest BCUT2D eigenvalue weighted by Gasteiger charge is -2.12. The van der Waals surface area contributed by atoms with Gasteiger partial charge in [-0.1, -0.05) is 0 Å². The Morgan fingerprint density at radius 2 is 1.90 bits per heavy atom. The molecular weight excluding hydrogens is 274 g/mol. The van der Waals surface area contributed by atoms with Gasteiger partial charge in [0.05, 0.1) is 18.9 Å². The number of hydrogen-bond donors (Lipinski definition) is 1. The minimum absolute atomic E-state index is 0.160. The van der Waals surface area contributed by atoms with Gasteiger partial charge in [0.15, 0.2) is 11.5 Å². The summed E-state index contributed by atoms with van der Waals surface area (Å²) in [5.74, 6) is 1.08. The lowest BCUT2D eigenvalue weighted by molar-refractivity contribution is 0.102. The number of hydrogen-bond acceptors (Lipinski definition) is 4. The highest BCUT2D eigenvalue weighted by Crippen LogP contribution is 2.29. The van der Waals surface area contributed by atoms with E-state index in [1.165, 1.54) is 11.3 Å². The SMILES string of the molecule is CCOc1ccc(C(=O)Nc2ccsc2)cc1OCC. The molecule has 0 aliphatic carbocycles. The highest BCUT2D eigenvalue weighted by Gasteiger charge is 2.11. The summed E-state index contributed by atoms with van der Waals surface area (Å²) in [4.78, 5) is 12.1. The summed E-state index contributed by atoms with van der Waals surface area (Å²) in [6.45, 7) is 4.89. The molecule has 1 N–H and O–H groups in total. The minimum atomic E-state index is -0.160. The second-order valence-electron chi connectivity index (χ2n) is 3.99. The Hall–Kier alpha value is -2.01. The molecule has 20 heavy (non-hydrogen) atoms. The summed E-state index contributed by atoms with van der Waals surface area (Å²) in [6.07, 6.45) is 0. The van der Waals surface area contributed by atoms with Gasteiger partial charge >= 0.3 is 0 Å². The van der Waals surface area contributed by atoms with Crippen LogP contribution in [0.25, 0.3) is 0 Å². The fourth-order valence-corrected chi connectivity index (χ4v) is 2.32. The molecule has 0 radical (unpaired) electrons. The molecule has 5 heteroatoms. The second kappa shape index (κ2) is 6.96. The fourth-order valence-electron chi connectivity index (χ4n) is 1.73. The van der Waals surface area contributed by atoms with E-state index in [0.717, 1.165) is 5.69 Å². The van der Waals surface area contributed by atoms with E-state index >= 15 is 0 Å².